The zero-order valence-electron chi connectivity index (χ0n) is 18.6. The minimum absolute atomic E-state index is 0.00934. The van der Waals surface area contributed by atoms with Crippen molar-refractivity contribution >= 4 is 23.3 Å². The number of amides is 3. The number of nitrogens with zero attached hydrogens (tertiary/aromatic N) is 4. The first-order valence-electron chi connectivity index (χ1n) is 11.1. The van der Waals surface area contributed by atoms with Gasteiger partial charge in [-0.3, -0.25) is 9.78 Å². The molecule has 0 bridgehead atoms. The number of fused-ring (bicyclic) bond motifs is 1. The van der Waals surface area contributed by atoms with Crippen molar-refractivity contribution in [2.24, 2.45) is 0 Å². The Morgan fingerprint density at radius 1 is 1.06 bits per heavy atom. The van der Waals surface area contributed by atoms with E-state index in [9.17, 15) is 9.59 Å². The number of piperazine rings is 1. The molecule has 1 aliphatic rings. The molecule has 0 radical (unpaired) electrons. The maximum absolute atomic E-state index is 12.7. The number of hydrogen-bond acceptors (Lipinski definition) is 4. The molecule has 32 heavy (non-hydrogen) atoms. The lowest BCUT2D eigenvalue weighted by atomic mass is 10.2. The van der Waals surface area contributed by atoms with Gasteiger partial charge in [-0.25, -0.2) is 4.79 Å². The van der Waals surface area contributed by atoms with Gasteiger partial charge in [0.1, 0.15) is 5.82 Å². The Morgan fingerprint density at radius 2 is 1.84 bits per heavy atom. The molecular weight excluding hydrogens is 404 g/mol. The standard InChI is InChI=1S/C24H30N6O2/c1-18(2)27-24(32)29-14-12-28(13-15-29)22-8-7-21-6-5-20(17-30(21)22)23(31)26-11-9-19-4-3-10-25-16-19/h3-8,10,16-18H,9,11-15H2,1-2H3,(H,26,31)(H,27,32). The van der Waals surface area contributed by atoms with Gasteiger partial charge in [-0.1, -0.05) is 6.07 Å². The lowest BCUT2D eigenvalue weighted by Gasteiger charge is -2.36. The van der Waals surface area contributed by atoms with Gasteiger partial charge in [0.15, 0.2) is 0 Å². The fourth-order valence-electron chi connectivity index (χ4n) is 3.92. The van der Waals surface area contributed by atoms with Crippen LogP contribution in [-0.4, -0.2) is 65.0 Å². The molecule has 3 aromatic heterocycles. The summed E-state index contributed by atoms with van der Waals surface area (Å²) < 4.78 is 2.06. The molecule has 168 valence electrons. The number of rotatable bonds is 6. The van der Waals surface area contributed by atoms with E-state index in [1.165, 1.54) is 0 Å². The molecule has 0 unspecified atom stereocenters. The van der Waals surface area contributed by atoms with E-state index in [2.05, 4.69) is 37.1 Å². The molecule has 0 aliphatic carbocycles. The fraction of sp³-hybridized carbons (Fsp3) is 0.375. The van der Waals surface area contributed by atoms with Crippen LogP contribution in [-0.2, 0) is 6.42 Å². The van der Waals surface area contributed by atoms with Crippen LogP contribution < -0.4 is 15.5 Å². The lowest BCUT2D eigenvalue weighted by molar-refractivity contribution is 0.0953. The van der Waals surface area contributed by atoms with E-state index in [-0.39, 0.29) is 18.0 Å². The van der Waals surface area contributed by atoms with Gasteiger partial charge < -0.3 is 24.8 Å². The van der Waals surface area contributed by atoms with Gasteiger partial charge in [0, 0.05) is 62.9 Å². The van der Waals surface area contributed by atoms with Crippen molar-refractivity contribution in [3.63, 3.8) is 0 Å². The van der Waals surface area contributed by atoms with Crippen molar-refractivity contribution in [2.75, 3.05) is 37.6 Å². The highest BCUT2D eigenvalue weighted by Gasteiger charge is 2.23. The van der Waals surface area contributed by atoms with Crippen molar-refractivity contribution in [2.45, 2.75) is 26.3 Å². The average Bonchev–Trinajstić information content (AvgIpc) is 3.22. The molecule has 2 N–H and O–H groups in total. The fourth-order valence-corrected chi connectivity index (χ4v) is 3.92. The Labute approximate surface area is 188 Å². The second-order valence-electron chi connectivity index (χ2n) is 8.35. The summed E-state index contributed by atoms with van der Waals surface area (Å²) in [5, 5.41) is 5.95. The van der Waals surface area contributed by atoms with Gasteiger partial charge in [-0.05, 0) is 56.2 Å². The molecule has 4 heterocycles. The number of anilines is 1. The van der Waals surface area contributed by atoms with Gasteiger partial charge in [0.05, 0.1) is 5.56 Å². The summed E-state index contributed by atoms with van der Waals surface area (Å²) in [5.74, 6) is 0.944. The van der Waals surface area contributed by atoms with E-state index in [0.717, 1.165) is 36.4 Å². The normalized spacial score (nSPS) is 14.1. The highest BCUT2D eigenvalue weighted by molar-refractivity contribution is 5.94. The Hall–Kier alpha value is -3.55. The summed E-state index contributed by atoms with van der Waals surface area (Å²) in [6, 6.07) is 12.0. The smallest absolute Gasteiger partial charge is 0.317 e. The third-order valence-corrected chi connectivity index (χ3v) is 5.62. The number of pyridine rings is 2. The van der Waals surface area contributed by atoms with E-state index in [0.29, 0.717) is 25.2 Å². The average molecular weight is 435 g/mol. The van der Waals surface area contributed by atoms with Gasteiger partial charge in [0.25, 0.3) is 5.91 Å². The van der Waals surface area contributed by atoms with Crippen molar-refractivity contribution in [3.8, 4) is 0 Å². The van der Waals surface area contributed by atoms with Crippen molar-refractivity contribution in [3.05, 3.63) is 66.1 Å². The molecule has 4 rings (SSSR count). The highest BCUT2D eigenvalue weighted by atomic mass is 16.2. The first-order valence-corrected chi connectivity index (χ1v) is 11.1. The predicted molar refractivity (Wildman–Crippen MR) is 125 cm³/mol. The van der Waals surface area contributed by atoms with Crippen LogP contribution in [0.25, 0.3) is 5.52 Å². The molecule has 0 aromatic carbocycles. The Bertz CT molecular complexity index is 1070. The SMILES string of the molecule is CC(C)NC(=O)N1CCN(c2ccc3ccc(C(=O)NCCc4cccnc4)cn23)CC1. The van der Waals surface area contributed by atoms with E-state index >= 15 is 0 Å². The van der Waals surface area contributed by atoms with Crippen molar-refractivity contribution in [1.82, 2.24) is 24.9 Å². The number of aromatic nitrogens is 2. The first-order chi connectivity index (χ1) is 15.5. The molecule has 8 nitrogen and oxygen atoms in total. The van der Waals surface area contributed by atoms with E-state index < -0.39 is 0 Å². The van der Waals surface area contributed by atoms with E-state index in [1.807, 2.05) is 55.4 Å². The zero-order chi connectivity index (χ0) is 22.5. The van der Waals surface area contributed by atoms with Crippen LogP contribution in [0, 0.1) is 0 Å². The van der Waals surface area contributed by atoms with Crippen LogP contribution in [0.15, 0.2) is 55.0 Å². The third-order valence-electron chi connectivity index (χ3n) is 5.62. The highest BCUT2D eigenvalue weighted by Crippen LogP contribution is 2.22. The topological polar surface area (TPSA) is 82.0 Å². The molecule has 1 aliphatic heterocycles. The Balaban J connectivity index is 1.39. The van der Waals surface area contributed by atoms with Gasteiger partial charge in [-0.2, -0.15) is 0 Å². The molecule has 3 amide bonds. The monoisotopic (exact) mass is 434 g/mol. The minimum atomic E-state index is -0.0920. The second-order valence-corrected chi connectivity index (χ2v) is 8.35. The molecule has 0 atom stereocenters. The van der Waals surface area contributed by atoms with Gasteiger partial charge >= 0.3 is 6.03 Å². The van der Waals surface area contributed by atoms with Crippen molar-refractivity contribution in [1.29, 1.82) is 0 Å². The maximum atomic E-state index is 12.7. The second kappa shape index (κ2) is 9.72. The molecule has 0 saturated carbocycles. The summed E-state index contributed by atoms with van der Waals surface area (Å²) >= 11 is 0. The number of hydrogen-bond donors (Lipinski definition) is 2. The largest absolute Gasteiger partial charge is 0.354 e. The summed E-state index contributed by atoms with van der Waals surface area (Å²) in [4.78, 5) is 33.2. The number of carbonyl (C=O) groups is 2. The number of nitrogens with one attached hydrogen (secondary N) is 2. The van der Waals surface area contributed by atoms with Crippen LogP contribution in [0.1, 0.15) is 29.8 Å². The van der Waals surface area contributed by atoms with Crippen molar-refractivity contribution < 1.29 is 9.59 Å². The van der Waals surface area contributed by atoms with Crippen LogP contribution in [0.4, 0.5) is 10.6 Å². The molecule has 1 saturated heterocycles. The minimum Gasteiger partial charge on any atom is -0.354 e. The molecule has 1 fully saturated rings. The summed E-state index contributed by atoms with van der Waals surface area (Å²) in [7, 11) is 0. The van der Waals surface area contributed by atoms with Gasteiger partial charge in [-0.15, -0.1) is 0 Å². The lowest BCUT2D eigenvalue weighted by Crippen LogP contribution is -2.53. The Kier molecular flexibility index (Phi) is 6.58. The first kappa shape index (κ1) is 21.7. The molecule has 8 heteroatoms. The van der Waals surface area contributed by atoms with Crippen LogP contribution in [0.5, 0.6) is 0 Å². The molecule has 0 spiro atoms. The number of carbonyl (C=O) groups excluding carboxylic acids is 2. The number of urea groups is 1. The van der Waals surface area contributed by atoms with Crippen LogP contribution >= 0.6 is 0 Å². The quantitative estimate of drug-likeness (QED) is 0.625. The van der Waals surface area contributed by atoms with Crippen LogP contribution in [0.3, 0.4) is 0 Å². The summed E-state index contributed by atoms with van der Waals surface area (Å²) in [5.41, 5.74) is 2.75. The predicted octanol–water partition coefficient (Wildman–Crippen LogP) is 2.55. The zero-order valence-corrected chi connectivity index (χ0v) is 18.6. The molecule has 3 aromatic rings. The van der Waals surface area contributed by atoms with Crippen LogP contribution in [0.2, 0.25) is 0 Å². The summed E-state index contributed by atoms with van der Waals surface area (Å²) in [6.45, 7) is 7.32. The maximum Gasteiger partial charge on any atom is 0.317 e. The summed E-state index contributed by atoms with van der Waals surface area (Å²) in [6.07, 6.45) is 6.19. The molecular formula is C24H30N6O2. The van der Waals surface area contributed by atoms with Gasteiger partial charge in [0.2, 0.25) is 0 Å². The van der Waals surface area contributed by atoms with E-state index in [1.54, 1.807) is 6.20 Å². The third kappa shape index (κ3) is 5.01. The van der Waals surface area contributed by atoms with E-state index in [4.69, 9.17) is 0 Å². The Morgan fingerprint density at radius 3 is 2.56 bits per heavy atom.